The summed E-state index contributed by atoms with van der Waals surface area (Å²) >= 11 is 0. The Morgan fingerprint density at radius 2 is 1.85 bits per heavy atom. The molecule has 148 valence electrons. The summed E-state index contributed by atoms with van der Waals surface area (Å²) in [5.74, 6) is 0.745. The Morgan fingerprint density at radius 1 is 1.19 bits per heavy atom. The predicted octanol–water partition coefficient (Wildman–Crippen LogP) is 3.82. The van der Waals surface area contributed by atoms with Crippen molar-refractivity contribution in [3.63, 3.8) is 0 Å². The third-order valence-corrected chi connectivity index (χ3v) is 4.59. The van der Waals surface area contributed by atoms with Gasteiger partial charge in [-0.1, -0.05) is 49.3 Å². The molecule has 0 bridgehead atoms. The molecule has 1 heterocycles. The third kappa shape index (κ3) is 5.10. The minimum atomic E-state index is -0.0844. The van der Waals surface area contributed by atoms with Gasteiger partial charge in [-0.2, -0.15) is 0 Å². The molecule has 0 saturated heterocycles. The fraction of sp³-hybridized carbons (Fsp3) is 0.524. The van der Waals surface area contributed by atoms with E-state index in [1.54, 1.807) is 7.11 Å². The number of carbonyl (C=O) groups excluding carboxylic acids is 1. The van der Waals surface area contributed by atoms with Gasteiger partial charge >= 0.3 is 0 Å². The molecule has 0 fully saturated rings. The molecule has 6 nitrogen and oxygen atoms in total. The lowest BCUT2D eigenvalue weighted by atomic mass is 10.1. The van der Waals surface area contributed by atoms with Crippen molar-refractivity contribution in [2.75, 3.05) is 38.3 Å². The van der Waals surface area contributed by atoms with Gasteiger partial charge in [-0.15, -0.1) is 0 Å². The molecule has 0 spiro atoms. The SMILES string of the molecule is CCN(CC)c1onc(-c2ccccc2)c1CN(CCOC)C(=O)C(C)C. The first kappa shape index (κ1) is 21.0. The molecule has 6 heteroatoms. The maximum absolute atomic E-state index is 12.7. The van der Waals surface area contributed by atoms with Crippen LogP contribution >= 0.6 is 0 Å². The van der Waals surface area contributed by atoms with Crippen molar-refractivity contribution in [2.24, 2.45) is 5.92 Å². The van der Waals surface area contributed by atoms with E-state index in [9.17, 15) is 4.79 Å². The van der Waals surface area contributed by atoms with Crippen molar-refractivity contribution in [1.29, 1.82) is 0 Å². The first-order valence-corrected chi connectivity index (χ1v) is 9.60. The molecule has 0 aliphatic carbocycles. The monoisotopic (exact) mass is 373 g/mol. The number of hydrogen-bond donors (Lipinski definition) is 0. The fourth-order valence-electron chi connectivity index (χ4n) is 3.05. The highest BCUT2D eigenvalue weighted by Gasteiger charge is 2.26. The Kier molecular flexibility index (Phi) is 7.85. The van der Waals surface area contributed by atoms with Crippen molar-refractivity contribution in [1.82, 2.24) is 10.1 Å². The van der Waals surface area contributed by atoms with E-state index in [2.05, 4.69) is 23.9 Å². The van der Waals surface area contributed by atoms with E-state index in [0.29, 0.717) is 19.7 Å². The van der Waals surface area contributed by atoms with Crippen molar-refractivity contribution in [3.05, 3.63) is 35.9 Å². The molecule has 0 saturated carbocycles. The molecular formula is C21H31N3O3. The van der Waals surface area contributed by atoms with E-state index in [0.717, 1.165) is 35.8 Å². The molecule has 1 amide bonds. The number of nitrogens with zero attached hydrogens (tertiary/aromatic N) is 3. The number of aromatic nitrogens is 1. The number of hydrogen-bond acceptors (Lipinski definition) is 5. The minimum Gasteiger partial charge on any atom is -0.383 e. The average molecular weight is 373 g/mol. The van der Waals surface area contributed by atoms with Crippen LogP contribution in [0.3, 0.4) is 0 Å². The van der Waals surface area contributed by atoms with E-state index < -0.39 is 0 Å². The first-order valence-electron chi connectivity index (χ1n) is 9.60. The largest absolute Gasteiger partial charge is 0.383 e. The number of methoxy groups -OCH3 is 1. The summed E-state index contributed by atoms with van der Waals surface area (Å²) in [6.07, 6.45) is 0. The fourth-order valence-corrected chi connectivity index (χ4v) is 3.05. The van der Waals surface area contributed by atoms with E-state index in [-0.39, 0.29) is 11.8 Å². The molecule has 0 atom stereocenters. The van der Waals surface area contributed by atoms with E-state index in [1.165, 1.54) is 0 Å². The van der Waals surface area contributed by atoms with Crippen LogP contribution in [0.2, 0.25) is 0 Å². The van der Waals surface area contributed by atoms with Crippen LogP contribution in [0.15, 0.2) is 34.9 Å². The zero-order chi connectivity index (χ0) is 19.8. The summed E-state index contributed by atoms with van der Waals surface area (Å²) in [5.41, 5.74) is 2.71. The Hall–Kier alpha value is -2.34. The van der Waals surface area contributed by atoms with Crippen LogP contribution in [0.5, 0.6) is 0 Å². The number of benzene rings is 1. The van der Waals surface area contributed by atoms with Crippen molar-refractivity contribution in [2.45, 2.75) is 34.2 Å². The first-order chi connectivity index (χ1) is 13.0. The second-order valence-electron chi connectivity index (χ2n) is 6.76. The molecule has 0 unspecified atom stereocenters. The number of carbonyl (C=O) groups is 1. The maximum atomic E-state index is 12.7. The van der Waals surface area contributed by atoms with Crippen LogP contribution in [0, 0.1) is 5.92 Å². The van der Waals surface area contributed by atoms with Gasteiger partial charge in [-0.25, -0.2) is 0 Å². The second-order valence-corrected chi connectivity index (χ2v) is 6.76. The summed E-state index contributed by atoms with van der Waals surface area (Å²) in [4.78, 5) is 16.7. The summed E-state index contributed by atoms with van der Waals surface area (Å²) < 4.78 is 11.0. The van der Waals surface area contributed by atoms with Gasteiger partial charge in [-0.3, -0.25) is 4.79 Å². The highest BCUT2D eigenvalue weighted by atomic mass is 16.5. The van der Waals surface area contributed by atoms with Gasteiger partial charge in [0.05, 0.1) is 18.7 Å². The van der Waals surface area contributed by atoms with Crippen LogP contribution in [0.1, 0.15) is 33.3 Å². The molecule has 0 radical (unpaired) electrons. The zero-order valence-electron chi connectivity index (χ0n) is 17.1. The summed E-state index contributed by atoms with van der Waals surface area (Å²) in [6.45, 7) is 11.1. The molecule has 1 aromatic carbocycles. The van der Waals surface area contributed by atoms with Gasteiger partial charge < -0.3 is 19.1 Å². The number of amides is 1. The summed E-state index contributed by atoms with van der Waals surface area (Å²) in [7, 11) is 1.65. The molecule has 0 N–H and O–H groups in total. The van der Waals surface area contributed by atoms with Crippen molar-refractivity contribution >= 4 is 11.8 Å². The third-order valence-electron chi connectivity index (χ3n) is 4.59. The van der Waals surface area contributed by atoms with Crippen molar-refractivity contribution in [3.8, 4) is 11.3 Å². The van der Waals surface area contributed by atoms with Crippen LogP contribution in [-0.4, -0.2) is 49.3 Å². The predicted molar refractivity (Wildman–Crippen MR) is 108 cm³/mol. The molecule has 1 aromatic heterocycles. The number of rotatable bonds is 10. The lowest BCUT2D eigenvalue weighted by Crippen LogP contribution is -2.37. The quantitative estimate of drug-likeness (QED) is 0.634. The lowest BCUT2D eigenvalue weighted by Gasteiger charge is -2.26. The number of ether oxygens (including phenoxy) is 1. The van der Waals surface area contributed by atoms with E-state index >= 15 is 0 Å². The summed E-state index contributed by atoms with van der Waals surface area (Å²) in [6, 6.07) is 9.95. The lowest BCUT2D eigenvalue weighted by molar-refractivity contribution is -0.135. The van der Waals surface area contributed by atoms with Crippen molar-refractivity contribution < 1.29 is 14.1 Å². The van der Waals surface area contributed by atoms with Crippen LogP contribution in [0.4, 0.5) is 5.88 Å². The topological polar surface area (TPSA) is 58.8 Å². The van der Waals surface area contributed by atoms with Gasteiger partial charge in [0, 0.05) is 38.2 Å². The average Bonchev–Trinajstić information content (AvgIpc) is 3.09. The van der Waals surface area contributed by atoms with Crippen LogP contribution in [-0.2, 0) is 16.1 Å². The molecule has 0 aliphatic rings. The standard InChI is InChI=1S/C21H31N3O3/c1-6-23(7-2)21-18(15-24(13-14-26-5)20(25)16(3)4)19(22-27-21)17-11-9-8-10-12-17/h8-12,16H,6-7,13-15H2,1-5H3. The van der Waals surface area contributed by atoms with E-state index in [4.69, 9.17) is 9.26 Å². The second kappa shape index (κ2) is 10.1. The van der Waals surface area contributed by atoms with Gasteiger partial charge in [0.2, 0.25) is 11.8 Å². The highest BCUT2D eigenvalue weighted by Crippen LogP contribution is 2.32. The zero-order valence-corrected chi connectivity index (χ0v) is 17.1. The van der Waals surface area contributed by atoms with Gasteiger partial charge in [-0.05, 0) is 13.8 Å². The molecular weight excluding hydrogens is 342 g/mol. The molecule has 2 aromatic rings. The Morgan fingerprint density at radius 3 is 2.41 bits per heavy atom. The molecule has 27 heavy (non-hydrogen) atoms. The Bertz CT molecular complexity index is 709. The van der Waals surface area contributed by atoms with Crippen LogP contribution in [0.25, 0.3) is 11.3 Å². The summed E-state index contributed by atoms with van der Waals surface area (Å²) in [5, 5.41) is 4.35. The van der Waals surface area contributed by atoms with Gasteiger partial charge in [0.1, 0.15) is 5.69 Å². The van der Waals surface area contributed by atoms with Gasteiger partial charge in [0.25, 0.3) is 0 Å². The van der Waals surface area contributed by atoms with E-state index in [1.807, 2.05) is 49.1 Å². The molecule has 0 aliphatic heterocycles. The van der Waals surface area contributed by atoms with Crippen LogP contribution < -0.4 is 4.90 Å². The molecule has 2 rings (SSSR count). The smallest absolute Gasteiger partial charge is 0.232 e. The highest BCUT2D eigenvalue weighted by molar-refractivity contribution is 5.79. The Balaban J connectivity index is 2.46. The maximum Gasteiger partial charge on any atom is 0.232 e. The minimum absolute atomic E-state index is 0.0844. The van der Waals surface area contributed by atoms with Gasteiger partial charge in [0.15, 0.2) is 0 Å². The number of anilines is 1. The Labute approximate surface area is 162 Å². The normalized spacial score (nSPS) is 11.0.